The Kier molecular flexibility index (Phi) is 2.94. The predicted molar refractivity (Wildman–Crippen MR) is 70.4 cm³/mol. The van der Waals surface area contributed by atoms with Crippen molar-refractivity contribution in [2.75, 3.05) is 0 Å². The van der Waals surface area contributed by atoms with E-state index in [1.54, 1.807) is 18.3 Å². The van der Waals surface area contributed by atoms with E-state index in [0.717, 1.165) is 5.52 Å². The number of fused-ring (bicyclic) bond motifs is 1. The molecule has 3 nitrogen and oxygen atoms in total. The van der Waals surface area contributed by atoms with Gasteiger partial charge in [-0.05, 0) is 36.0 Å². The molecule has 92 valence electrons. The van der Waals surface area contributed by atoms with Crippen LogP contribution in [0.1, 0.15) is 5.56 Å². The van der Waals surface area contributed by atoms with Gasteiger partial charge in [-0.1, -0.05) is 12.1 Å². The Labute approximate surface area is 113 Å². The van der Waals surface area contributed by atoms with Crippen molar-refractivity contribution in [3.63, 3.8) is 0 Å². The van der Waals surface area contributed by atoms with E-state index >= 15 is 0 Å². The molecule has 19 heavy (non-hydrogen) atoms. The summed E-state index contributed by atoms with van der Waals surface area (Å²) in [5.41, 5.74) is 1.01. The van der Waals surface area contributed by atoms with E-state index in [1.165, 1.54) is 17.8 Å². The van der Waals surface area contributed by atoms with Gasteiger partial charge in [0.1, 0.15) is 17.4 Å². The summed E-state index contributed by atoms with van der Waals surface area (Å²) >= 11 is 1.28. The molecule has 0 amide bonds. The lowest BCUT2D eigenvalue weighted by Crippen LogP contribution is -1.90. The largest absolute Gasteiger partial charge is 0.295 e. The zero-order valence-corrected chi connectivity index (χ0v) is 10.6. The molecule has 2 aromatic heterocycles. The quantitative estimate of drug-likeness (QED) is 0.715. The number of nitriles is 1. The number of benzene rings is 1. The first-order valence-electron chi connectivity index (χ1n) is 5.58. The second-order valence-corrected chi connectivity index (χ2v) is 4.87. The predicted octanol–water partition coefficient (Wildman–Crippen LogP) is 3.50. The van der Waals surface area contributed by atoms with Crippen LogP contribution in [0.2, 0.25) is 0 Å². The standard InChI is InChI=1S/C14H8FN3S/c15-12-5-3-6-13(11(12)8-16)19-14-17-9-10-4-1-2-7-18(10)14/h1-7,9H. The molecule has 5 heteroatoms. The number of pyridine rings is 1. The molecule has 0 aliphatic carbocycles. The van der Waals surface area contributed by atoms with E-state index in [9.17, 15) is 4.39 Å². The van der Waals surface area contributed by atoms with E-state index < -0.39 is 5.82 Å². The number of nitrogens with zero attached hydrogens (tertiary/aromatic N) is 3. The minimum atomic E-state index is -0.506. The summed E-state index contributed by atoms with van der Waals surface area (Å²) in [6, 6.07) is 12.2. The van der Waals surface area contributed by atoms with E-state index in [1.807, 2.05) is 34.9 Å². The molecular weight excluding hydrogens is 261 g/mol. The van der Waals surface area contributed by atoms with Crippen LogP contribution in [-0.2, 0) is 0 Å². The highest BCUT2D eigenvalue weighted by molar-refractivity contribution is 7.99. The van der Waals surface area contributed by atoms with Gasteiger partial charge in [-0.2, -0.15) is 5.26 Å². The molecule has 0 fully saturated rings. The smallest absolute Gasteiger partial charge is 0.177 e. The van der Waals surface area contributed by atoms with Crippen molar-refractivity contribution >= 4 is 17.3 Å². The van der Waals surface area contributed by atoms with Crippen LogP contribution in [0.25, 0.3) is 5.52 Å². The van der Waals surface area contributed by atoms with Crippen LogP contribution >= 0.6 is 11.8 Å². The topological polar surface area (TPSA) is 41.1 Å². The lowest BCUT2D eigenvalue weighted by Gasteiger charge is -2.03. The summed E-state index contributed by atoms with van der Waals surface area (Å²) in [7, 11) is 0. The molecule has 0 radical (unpaired) electrons. The lowest BCUT2D eigenvalue weighted by molar-refractivity contribution is 0.620. The average molecular weight is 269 g/mol. The van der Waals surface area contributed by atoms with Crippen LogP contribution in [0.5, 0.6) is 0 Å². The van der Waals surface area contributed by atoms with Gasteiger partial charge in [-0.25, -0.2) is 9.37 Å². The maximum atomic E-state index is 13.5. The number of aromatic nitrogens is 2. The number of halogens is 1. The van der Waals surface area contributed by atoms with Crippen LogP contribution in [0, 0.1) is 17.1 Å². The molecule has 2 heterocycles. The van der Waals surface area contributed by atoms with Crippen molar-refractivity contribution in [3.8, 4) is 6.07 Å². The first-order chi connectivity index (χ1) is 9.29. The Morgan fingerprint density at radius 3 is 2.95 bits per heavy atom. The molecule has 0 spiro atoms. The molecular formula is C14H8FN3S. The van der Waals surface area contributed by atoms with Gasteiger partial charge in [0, 0.05) is 11.1 Å². The fourth-order valence-electron chi connectivity index (χ4n) is 1.79. The van der Waals surface area contributed by atoms with Gasteiger partial charge in [-0.15, -0.1) is 0 Å². The average Bonchev–Trinajstić information content (AvgIpc) is 2.83. The van der Waals surface area contributed by atoms with Crippen molar-refractivity contribution in [3.05, 3.63) is 60.2 Å². The SMILES string of the molecule is N#Cc1c(F)cccc1Sc1ncc2ccccn12. The van der Waals surface area contributed by atoms with Gasteiger partial charge >= 0.3 is 0 Å². The third-order valence-corrected chi connectivity index (χ3v) is 3.74. The fraction of sp³-hybridized carbons (Fsp3) is 0. The Morgan fingerprint density at radius 1 is 1.21 bits per heavy atom. The number of imidazole rings is 1. The van der Waals surface area contributed by atoms with Crippen LogP contribution in [0.15, 0.2) is 58.8 Å². The summed E-state index contributed by atoms with van der Waals surface area (Å²) in [4.78, 5) is 4.86. The number of rotatable bonds is 2. The maximum absolute atomic E-state index is 13.5. The number of hydrogen-bond donors (Lipinski definition) is 0. The molecule has 0 bridgehead atoms. The van der Waals surface area contributed by atoms with Gasteiger partial charge in [0.05, 0.1) is 11.7 Å². The summed E-state index contributed by atoms with van der Waals surface area (Å²) in [5, 5.41) is 9.72. The van der Waals surface area contributed by atoms with Crippen molar-refractivity contribution in [1.82, 2.24) is 9.38 Å². The molecule has 0 aliphatic heterocycles. The van der Waals surface area contributed by atoms with Gasteiger partial charge in [-0.3, -0.25) is 4.40 Å². The molecule has 0 saturated carbocycles. The Bertz CT molecular complexity index is 789. The zero-order valence-electron chi connectivity index (χ0n) is 9.75. The molecule has 3 rings (SSSR count). The number of hydrogen-bond acceptors (Lipinski definition) is 3. The molecule has 0 atom stereocenters. The second kappa shape index (κ2) is 4.75. The van der Waals surface area contributed by atoms with Gasteiger partial charge in [0.2, 0.25) is 0 Å². The Hall–Kier alpha value is -2.32. The monoisotopic (exact) mass is 269 g/mol. The molecule has 0 unspecified atom stereocenters. The molecule has 0 N–H and O–H groups in total. The first kappa shape index (κ1) is 11.8. The van der Waals surface area contributed by atoms with Crippen molar-refractivity contribution < 1.29 is 4.39 Å². The summed E-state index contributed by atoms with van der Waals surface area (Å²) in [6.45, 7) is 0. The molecule has 3 aromatic rings. The normalized spacial score (nSPS) is 10.5. The van der Waals surface area contributed by atoms with E-state index in [2.05, 4.69) is 4.98 Å². The van der Waals surface area contributed by atoms with Crippen molar-refractivity contribution in [2.45, 2.75) is 10.1 Å². The highest BCUT2D eigenvalue weighted by Gasteiger charge is 2.11. The van der Waals surface area contributed by atoms with E-state index in [-0.39, 0.29) is 5.56 Å². The summed E-state index contributed by atoms with van der Waals surface area (Å²) in [6.07, 6.45) is 3.63. The minimum Gasteiger partial charge on any atom is -0.295 e. The lowest BCUT2D eigenvalue weighted by atomic mass is 10.2. The van der Waals surface area contributed by atoms with Gasteiger partial charge in [0.15, 0.2) is 5.16 Å². The minimum absolute atomic E-state index is 0.0557. The zero-order chi connectivity index (χ0) is 13.2. The van der Waals surface area contributed by atoms with Crippen molar-refractivity contribution in [2.24, 2.45) is 0 Å². The Balaban J connectivity index is 2.07. The van der Waals surface area contributed by atoms with Crippen LogP contribution < -0.4 is 0 Å². The maximum Gasteiger partial charge on any atom is 0.177 e. The van der Waals surface area contributed by atoms with Gasteiger partial charge in [0.25, 0.3) is 0 Å². The third kappa shape index (κ3) is 2.07. The fourth-order valence-corrected chi connectivity index (χ4v) is 2.75. The first-order valence-corrected chi connectivity index (χ1v) is 6.40. The van der Waals surface area contributed by atoms with Crippen LogP contribution in [-0.4, -0.2) is 9.38 Å². The van der Waals surface area contributed by atoms with Crippen molar-refractivity contribution in [1.29, 1.82) is 5.26 Å². The highest BCUT2D eigenvalue weighted by atomic mass is 32.2. The van der Waals surface area contributed by atoms with Crippen LogP contribution in [0.4, 0.5) is 4.39 Å². The van der Waals surface area contributed by atoms with E-state index in [4.69, 9.17) is 5.26 Å². The molecule has 0 aliphatic rings. The van der Waals surface area contributed by atoms with E-state index in [0.29, 0.717) is 10.1 Å². The summed E-state index contributed by atoms with van der Waals surface area (Å²) < 4.78 is 15.4. The third-order valence-electron chi connectivity index (χ3n) is 2.69. The van der Waals surface area contributed by atoms with Gasteiger partial charge < -0.3 is 0 Å². The molecule has 1 aromatic carbocycles. The molecule has 0 saturated heterocycles. The second-order valence-electron chi connectivity index (χ2n) is 3.86. The highest BCUT2D eigenvalue weighted by Crippen LogP contribution is 2.30. The Morgan fingerprint density at radius 2 is 2.11 bits per heavy atom. The summed E-state index contributed by atoms with van der Waals surface area (Å²) in [5.74, 6) is -0.506. The van der Waals surface area contributed by atoms with Crippen LogP contribution in [0.3, 0.4) is 0 Å².